The first-order chi connectivity index (χ1) is 9.88. The SMILES string of the molecule is CC(C)(C)c1nc2cc(C(=O)O)ccc2n1-c1ccsc1. The first-order valence-electron chi connectivity index (χ1n) is 6.67. The standard InChI is InChI=1S/C16H16N2O2S/c1-16(2,3)15-17-12-8-10(14(19)20)4-5-13(12)18(15)11-6-7-21-9-11/h4-9H,1-3H3,(H,19,20). The highest BCUT2D eigenvalue weighted by Crippen LogP contribution is 2.30. The Balaban J connectivity index is 2.34. The fourth-order valence-corrected chi connectivity index (χ4v) is 2.98. The Morgan fingerprint density at radius 1 is 1.29 bits per heavy atom. The predicted octanol–water partition coefficient (Wildman–Crippen LogP) is 4.08. The van der Waals surface area contributed by atoms with E-state index in [9.17, 15) is 4.79 Å². The Morgan fingerprint density at radius 2 is 2.05 bits per heavy atom. The highest BCUT2D eigenvalue weighted by Gasteiger charge is 2.24. The van der Waals surface area contributed by atoms with Gasteiger partial charge in [0, 0.05) is 10.8 Å². The molecule has 0 amide bonds. The van der Waals surface area contributed by atoms with Crippen LogP contribution in [-0.2, 0) is 5.41 Å². The van der Waals surface area contributed by atoms with E-state index in [0.717, 1.165) is 17.0 Å². The van der Waals surface area contributed by atoms with Crippen LogP contribution in [0.3, 0.4) is 0 Å². The van der Waals surface area contributed by atoms with Crippen LogP contribution in [0, 0.1) is 0 Å². The van der Waals surface area contributed by atoms with Crippen LogP contribution in [-0.4, -0.2) is 20.6 Å². The first kappa shape index (κ1) is 13.8. The summed E-state index contributed by atoms with van der Waals surface area (Å²) in [6, 6.07) is 7.14. The zero-order valence-corrected chi connectivity index (χ0v) is 12.9. The Labute approximate surface area is 126 Å². The molecule has 0 fully saturated rings. The van der Waals surface area contributed by atoms with Crippen molar-refractivity contribution < 1.29 is 9.90 Å². The molecule has 3 aromatic rings. The fraction of sp³-hybridized carbons (Fsp3) is 0.250. The number of carboxylic acid groups (broad SMARTS) is 1. The molecular formula is C16H16N2O2S. The number of aromatic nitrogens is 2. The molecule has 0 unspecified atom stereocenters. The summed E-state index contributed by atoms with van der Waals surface area (Å²) in [4.78, 5) is 15.8. The van der Waals surface area contributed by atoms with E-state index in [0.29, 0.717) is 5.52 Å². The number of hydrogen-bond donors (Lipinski definition) is 1. The molecule has 1 N–H and O–H groups in total. The minimum absolute atomic E-state index is 0.135. The fourth-order valence-electron chi connectivity index (χ4n) is 2.36. The van der Waals surface area contributed by atoms with E-state index >= 15 is 0 Å². The Morgan fingerprint density at radius 3 is 2.62 bits per heavy atom. The molecule has 2 heterocycles. The normalized spacial score (nSPS) is 12.0. The van der Waals surface area contributed by atoms with Gasteiger partial charge in [-0.3, -0.25) is 4.57 Å². The second kappa shape index (κ2) is 4.70. The molecule has 21 heavy (non-hydrogen) atoms. The summed E-state index contributed by atoms with van der Waals surface area (Å²) in [5.41, 5.74) is 2.84. The number of thiophene rings is 1. The molecule has 0 saturated heterocycles. The van der Waals surface area contributed by atoms with Crippen LogP contribution in [0.25, 0.3) is 16.7 Å². The Kier molecular flexibility index (Phi) is 3.10. The summed E-state index contributed by atoms with van der Waals surface area (Å²) in [6.45, 7) is 6.32. The zero-order valence-electron chi connectivity index (χ0n) is 12.1. The largest absolute Gasteiger partial charge is 0.478 e. The van der Waals surface area contributed by atoms with Gasteiger partial charge in [0.05, 0.1) is 22.3 Å². The van der Waals surface area contributed by atoms with Crippen LogP contribution in [0.5, 0.6) is 0 Å². The van der Waals surface area contributed by atoms with Crippen LogP contribution in [0.1, 0.15) is 37.0 Å². The lowest BCUT2D eigenvalue weighted by Gasteiger charge is -2.19. The van der Waals surface area contributed by atoms with E-state index in [4.69, 9.17) is 5.11 Å². The van der Waals surface area contributed by atoms with Crippen LogP contribution in [0.4, 0.5) is 0 Å². The maximum atomic E-state index is 11.1. The van der Waals surface area contributed by atoms with Crippen molar-refractivity contribution in [3.63, 3.8) is 0 Å². The van der Waals surface area contributed by atoms with Gasteiger partial charge in [-0.15, -0.1) is 0 Å². The second-order valence-corrected chi connectivity index (χ2v) is 6.79. The molecule has 0 aliphatic rings. The lowest BCUT2D eigenvalue weighted by Crippen LogP contribution is -2.17. The average Bonchev–Trinajstić information content (AvgIpc) is 3.03. The van der Waals surface area contributed by atoms with Crippen molar-refractivity contribution >= 4 is 28.3 Å². The number of carboxylic acids is 1. The topological polar surface area (TPSA) is 55.1 Å². The summed E-state index contributed by atoms with van der Waals surface area (Å²) < 4.78 is 2.11. The van der Waals surface area contributed by atoms with E-state index < -0.39 is 5.97 Å². The molecule has 0 aliphatic carbocycles. The quantitative estimate of drug-likeness (QED) is 0.775. The zero-order chi connectivity index (χ0) is 15.2. The van der Waals surface area contributed by atoms with Gasteiger partial charge in [-0.05, 0) is 29.6 Å². The smallest absolute Gasteiger partial charge is 0.335 e. The van der Waals surface area contributed by atoms with E-state index in [1.54, 1.807) is 23.5 Å². The minimum Gasteiger partial charge on any atom is -0.478 e. The maximum Gasteiger partial charge on any atom is 0.335 e. The number of fused-ring (bicyclic) bond motifs is 1. The molecule has 3 rings (SSSR count). The molecule has 108 valence electrons. The molecule has 0 radical (unpaired) electrons. The van der Waals surface area contributed by atoms with Crippen molar-refractivity contribution in [2.45, 2.75) is 26.2 Å². The lowest BCUT2D eigenvalue weighted by atomic mass is 9.95. The van der Waals surface area contributed by atoms with Crippen LogP contribution >= 0.6 is 11.3 Å². The summed E-state index contributed by atoms with van der Waals surface area (Å²) >= 11 is 1.63. The van der Waals surface area contributed by atoms with Crippen molar-refractivity contribution in [1.29, 1.82) is 0 Å². The van der Waals surface area contributed by atoms with Crippen LogP contribution in [0.15, 0.2) is 35.0 Å². The molecule has 1 aromatic carbocycles. The number of rotatable bonds is 2. The van der Waals surface area contributed by atoms with Gasteiger partial charge in [0.25, 0.3) is 0 Å². The van der Waals surface area contributed by atoms with E-state index in [-0.39, 0.29) is 11.0 Å². The molecule has 0 saturated carbocycles. The van der Waals surface area contributed by atoms with Gasteiger partial charge in [0.15, 0.2) is 0 Å². The van der Waals surface area contributed by atoms with Gasteiger partial charge < -0.3 is 5.11 Å². The summed E-state index contributed by atoms with van der Waals surface area (Å²) in [7, 11) is 0. The van der Waals surface area contributed by atoms with Gasteiger partial charge in [-0.1, -0.05) is 20.8 Å². The number of hydrogen-bond acceptors (Lipinski definition) is 3. The first-order valence-corrected chi connectivity index (χ1v) is 7.61. The number of aromatic carboxylic acids is 1. The van der Waals surface area contributed by atoms with Crippen molar-refractivity contribution in [2.75, 3.05) is 0 Å². The lowest BCUT2D eigenvalue weighted by molar-refractivity contribution is 0.0697. The molecule has 0 bridgehead atoms. The van der Waals surface area contributed by atoms with Gasteiger partial charge in [-0.25, -0.2) is 9.78 Å². The van der Waals surface area contributed by atoms with Crippen molar-refractivity contribution in [1.82, 2.24) is 9.55 Å². The monoisotopic (exact) mass is 300 g/mol. The third-order valence-electron chi connectivity index (χ3n) is 3.34. The molecule has 5 heteroatoms. The van der Waals surface area contributed by atoms with Gasteiger partial charge >= 0.3 is 5.97 Å². The summed E-state index contributed by atoms with van der Waals surface area (Å²) in [5.74, 6) is -0.00210. The van der Waals surface area contributed by atoms with Crippen molar-refractivity contribution in [3.8, 4) is 5.69 Å². The van der Waals surface area contributed by atoms with Crippen LogP contribution < -0.4 is 0 Å². The Hall–Kier alpha value is -2.14. The van der Waals surface area contributed by atoms with E-state index in [2.05, 4.69) is 35.7 Å². The molecular weight excluding hydrogens is 284 g/mol. The van der Waals surface area contributed by atoms with Gasteiger partial charge in [-0.2, -0.15) is 11.3 Å². The minimum atomic E-state index is -0.931. The van der Waals surface area contributed by atoms with Crippen molar-refractivity contribution in [2.24, 2.45) is 0 Å². The molecule has 0 spiro atoms. The summed E-state index contributed by atoms with van der Waals surface area (Å²) in [6.07, 6.45) is 0. The van der Waals surface area contributed by atoms with E-state index in [1.807, 2.05) is 17.5 Å². The predicted molar refractivity (Wildman–Crippen MR) is 84.6 cm³/mol. The van der Waals surface area contributed by atoms with Gasteiger partial charge in [0.1, 0.15) is 5.82 Å². The molecule has 0 atom stereocenters. The number of nitrogens with zero attached hydrogens (tertiary/aromatic N) is 2. The second-order valence-electron chi connectivity index (χ2n) is 6.01. The summed E-state index contributed by atoms with van der Waals surface area (Å²) in [5, 5.41) is 13.2. The Bertz CT molecular complexity index is 811. The maximum absolute atomic E-state index is 11.1. The third-order valence-corrected chi connectivity index (χ3v) is 4.01. The molecule has 2 aromatic heterocycles. The van der Waals surface area contributed by atoms with Gasteiger partial charge in [0.2, 0.25) is 0 Å². The van der Waals surface area contributed by atoms with Crippen molar-refractivity contribution in [3.05, 3.63) is 46.4 Å². The molecule has 4 nitrogen and oxygen atoms in total. The van der Waals surface area contributed by atoms with E-state index in [1.165, 1.54) is 0 Å². The third kappa shape index (κ3) is 2.34. The average molecular weight is 300 g/mol. The number of benzene rings is 1. The highest BCUT2D eigenvalue weighted by molar-refractivity contribution is 7.08. The number of imidazole rings is 1. The molecule has 0 aliphatic heterocycles. The van der Waals surface area contributed by atoms with Crippen LogP contribution in [0.2, 0.25) is 0 Å². The highest BCUT2D eigenvalue weighted by atomic mass is 32.1. The number of carbonyl (C=O) groups is 1.